The molecule has 0 unspecified atom stereocenters. The SMILES string of the molecule is CC(C)[N-]C(C)C.CC[Si](C)(C)O[Si](C)(C)C.C[Si](C)(C)O[Si](C)(C)C.[B]B([B])C#CB(B([B])[B])B([B])[B].[B][B]B([B])[C-](B([B])[B])B([B])[B][CH2-].[Li+].[Li+].[Li+]. The molecule has 0 saturated carbocycles. The molecule has 24 radical (unpaired) electrons. The van der Waals surface area contributed by atoms with Gasteiger partial charge in [-0.2, -0.15) is 25.3 Å². The molecule has 0 aromatic heterocycles. The van der Waals surface area contributed by atoms with E-state index in [1.807, 2.05) is 0 Å². The molecule has 30 heteroatoms. The summed E-state index contributed by atoms with van der Waals surface area (Å²) >= 11 is 0. The summed E-state index contributed by atoms with van der Waals surface area (Å²) in [5, 5.41) is 4.28. The fraction of sp³-hybridized carbons (Fsp3) is 0.826. The molecule has 0 aromatic rings. The zero-order valence-corrected chi connectivity index (χ0v) is 41.9. The van der Waals surface area contributed by atoms with Crippen LogP contribution in [0.5, 0.6) is 0 Å². The molecular formula is C23H54B20Li3NO2Si4. The summed E-state index contributed by atoms with van der Waals surface area (Å²) in [5.41, 5.74) is 0.576. The molecule has 0 N–H and O–H groups in total. The van der Waals surface area contributed by atoms with E-state index >= 15 is 0 Å². The van der Waals surface area contributed by atoms with E-state index in [-0.39, 0.29) is 56.6 Å². The molecule has 0 saturated heterocycles. The van der Waals surface area contributed by atoms with Gasteiger partial charge in [0.05, 0.1) is 0 Å². The Morgan fingerprint density at radius 2 is 0.981 bits per heavy atom. The first-order chi connectivity index (χ1) is 22.1. The van der Waals surface area contributed by atoms with Gasteiger partial charge in [-0.05, 0) is 124 Å². The van der Waals surface area contributed by atoms with Crippen LogP contribution < -0.4 is 56.6 Å². The minimum absolute atomic E-state index is 0. The van der Waals surface area contributed by atoms with Crippen LogP contribution in [-0.4, -0.2) is 190 Å². The monoisotopic (exact) mass is 730 g/mol. The van der Waals surface area contributed by atoms with Crippen molar-refractivity contribution in [1.82, 2.24) is 0 Å². The van der Waals surface area contributed by atoms with Gasteiger partial charge in [-0.1, -0.05) is 34.6 Å². The van der Waals surface area contributed by atoms with Gasteiger partial charge in [0.2, 0.25) is 0 Å². The van der Waals surface area contributed by atoms with E-state index in [4.69, 9.17) is 93.3 Å². The molecule has 0 aliphatic heterocycles. The summed E-state index contributed by atoms with van der Waals surface area (Å²) < 4.78 is 12.0. The van der Waals surface area contributed by atoms with Crippen LogP contribution in [0, 0.1) is 24.1 Å². The number of rotatable bonds is 14. The molecule has 3 nitrogen and oxygen atoms in total. The summed E-state index contributed by atoms with van der Waals surface area (Å²) in [6, 6.07) is 2.23. The average Bonchev–Trinajstić information content (AvgIpc) is 2.85. The van der Waals surface area contributed by atoms with Crippen LogP contribution in [0.2, 0.25) is 78.1 Å². The molecule has 0 amide bonds. The zero-order chi connectivity index (χ0) is 41.4. The summed E-state index contributed by atoms with van der Waals surface area (Å²) in [4.78, 5) is 0. The average molecular weight is 726 g/mol. The van der Waals surface area contributed by atoms with Crippen molar-refractivity contribution in [3.05, 3.63) is 17.8 Å². The molecule has 0 aliphatic rings. The molecule has 0 atom stereocenters. The van der Waals surface area contributed by atoms with Gasteiger partial charge in [0.25, 0.3) is 0 Å². The topological polar surface area (TPSA) is 32.6 Å². The molecule has 0 heterocycles. The Kier molecular flexibility index (Phi) is 53.4. The largest absolute Gasteiger partial charge is 1.00 e. The Bertz CT molecular complexity index is 847. The molecule has 53 heavy (non-hydrogen) atoms. The van der Waals surface area contributed by atoms with Gasteiger partial charge in [-0.25, -0.2) is 0 Å². The van der Waals surface area contributed by atoms with Crippen LogP contribution >= 0.6 is 0 Å². The van der Waals surface area contributed by atoms with Crippen LogP contribution in [-0.2, 0) is 8.23 Å². The van der Waals surface area contributed by atoms with Crippen LogP contribution in [0.4, 0.5) is 0 Å². The normalized spacial score (nSPS) is 10.3. The zero-order valence-electron chi connectivity index (χ0n) is 37.9. The Morgan fingerprint density at radius 3 is 1.11 bits per heavy atom. The molecular weight excluding hydrogens is 672 g/mol. The molecule has 0 bridgehead atoms. The van der Waals surface area contributed by atoms with Gasteiger partial charge >= 0.3 is 56.6 Å². The minimum Gasteiger partial charge on any atom is -0.658 e. The Hall–Kier alpha value is 3.40. The number of hydrogen-bond donors (Lipinski definition) is 0. The summed E-state index contributed by atoms with van der Waals surface area (Å²) in [5.74, 6) is 5.11. The second-order valence-corrected chi connectivity index (χ2v) is 34.5. The van der Waals surface area contributed by atoms with E-state index in [9.17, 15) is 0 Å². The van der Waals surface area contributed by atoms with E-state index in [2.05, 4.69) is 130 Å². The molecule has 0 spiro atoms. The van der Waals surface area contributed by atoms with Gasteiger partial charge in [0.1, 0.15) is 13.0 Å². The van der Waals surface area contributed by atoms with Crippen LogP contribution in [0.25, 0.3) is 5.32 Å². The molecule has 0 fully saturated rings. The van der Waals surface area contributed by atoms with Crippen LogP contribution in [0.15, 0.2) is 0 Å². The molecule has 0 aromatic carbocycles. The first-order valence-electron chi connectivity index (χ1n) is 17.3. The molecule has 0 aliphatic carbocycles. The van der Waals surface area contributed by atoms with Crippen molar-refractivity contribution >= 4 is 178 Å². The van der Waals surface area contributed by atoms with Gasteiger partial charge in [0.15, 0.2) is 33.3 Å². The smallest absolute Gasteiger partial charge is 0.658 e. The summed E-state index contributed by atoms with van der Waals surface area (Å²) in [6.45, 7) is 36.2. The van der Waals surface area contributed by atoms with E-state index < -0.39 is 78.5 Å². The van der Waals surface area contributed by atoms with Crippen LogP contribution in [0.3, 0.4) is 0 Å². The molecule has 0 rings (SSSR count). The number of nitrogens with zero attached hydrogens (tertiary/aromatic N) is 1. The summed E-state index contributed by atoms with van der Waals surface area (Å²) in [7, 11) is 57.0. The second-order valence-electron chi connectivity index (χ2n) is 16.0. The van der Waals surface area contributed by atoms with E-state index in [1.54, 1.807) is 0 Å². The first-order valence-corrected chi connectivity index (χ1v) is 30.6. The predicted octanol–water partition coefficient (Wildman–Crippen LogP) is -8.28. The van der Waals surface area contributed by atoms with E-state index in [0.29, 0.717) is 17.7 Å². The Morgan fingerprint density at radius 1 is 0.642 bits per heavy atom. The Balaban J connectivity index is -0.0000000794. The van der Waals surface area contributed by atoms with Crippen molar-refractivity contribution in [3.8, 4) is 11.6 Å². The van der Waals surface area contributed by atoms with Crippen molar-refractivity contribution in [2.45, 2.75) is 125 Å². The minimum atomic E-state index is -1.25. The standard InChI is InChI=1S/C7H20OSi2.C6H14N.C6H18OSi2.C2H2B10.C2B10.3Li/c1-7-10(5,6)8-9(2,3)4;1-5(2)7-6(3)4;1-8(2,3)7-9(4,5)6;1-8-11(6)2(10(4)5)12(7)9-3;3-9(4)1-2-10(11(5)6)12(7)8;;;/h7H2,1-6H3;5-6H,1-4H3;1-6H3;1H2;;;;/q;-1;;-2;;3*+1. The number of hydrogen-bond acceptors (Lipinski definition) is 2. The second kappa shape index (κ2) is 38.3. The van der Waals surface area contributed by atoms with Gasteiger partial charge in [-0.3, -0.25) is 0 Å². The van der Waals surface area contributed by atoms with Crippen molar-refractivity contribution in [2.75, 3.05) is 0 Å². The third-order valence-electron chi connectivity index (χ3n) is 5.50. The van der Waals surface area contributed by atoms with E-state index in [1.165, 1.54) is 20.3 Å². The van der Waals surface area contributed by atoms with Crippen molar-refractivity contribution in [2.24, 2.45) is 0 Å². The van der Waals surface area contributed by atoms with Gasteiger partial charge in [-0.15, -0.1) is 25.1 Å². The fourth-order valence-electron chi connectivity index (χ4n) is 3.97. The maximum absolute atomic E-state index is 6.05. The first kappa shape index (κ1) is 73.9. The Labute approximate surface area is 393 Å². The fourth-order valence-corrected chi connectivity index (χ4v) is 18.5. The van der Waals surface area contributed by atoms with Crippen molar-refractivity contribution < 1.29 is 64.8 Å². The van der Waals surface area contributed by atoms with Crippen LogP contribution in [0.1, 0.15) is 34.6 Å². The van der Waals surface area contributed by atoms with Crippen molar-refractivity contribution in [3.63, 3.8) is 0 Å². The van der Waals surface area contributed by atoms with E-state index in [0.717, 1.165) is 0 Å². The molecule has 242 valence electrons. The third-order valence-corrected chi connectivity index (χ3v) is 16.8. The predicted molar refractivity (Wildman–Crippen MR) is 265 cm³/mol. The maximum Gasteiger partial charge on any atom is 1.00 e. The quantitative estimate of drug-likeness (QED) is 0.101. The maximum atomic E-state index is 6.05. The summed E-state index contributed by atoms with van der Waals surface area (Å²) in [6.07, 6.45) is -1.37. The van der Waals surface area contributed by atoms with Crippen molar-refractivity contribution in [1.29, 1.82) is 0 Å². The third kappa shape index (κ3) is 59.8. The van der Waals surface area contributed by atoms with Gasteiger partial charge < -0.3 is 26.0 Å². The van der Waals surface area contributed by atoms with Gasteiger partial charge in [0, 0.05) is 59.2 Å².